The molecule has 0 amide bonds. The summed E-state index contributed by atoms with van der Waals surface area (Å²) < 4.78 is 18.4. The van der Waals surface area contributed by atoms with Gasteiger partial charge in [0.2, 0.25) is 0 Å². The number of aliphatic imine (C=N–C) groups is 1. The Hall–Kier alpha value is -2.73. The average molecular weight is 369 g/mol. The Balaban J connectivity index is 1.93. The van der Waals surface area contributed by atoms with E-state index in [1.807, 2.05) is 12.1 Å². The van der Waals surface area contributed by atoms with Gasteiger partial charge in [-0.25, -0.2) is 14.2 Å². The van der Waals surface area contributed by atoms with Gasteiger partial charge in [-0.1, -0.05) is 25.1 Å². The monoisotopic (exact) mass is 369 g/mol. The van der Waals surface area contributed by atoms with Crippen molar-refractivity contribution in [3.8, 4) is 0 Å². The van der Waals surface area contributed by atoms with Gasteiger partial charge >= 0.3 is 5.97 Å². The summed E-state index contributed by atoms with van der Waals surface area (Å²) in [5, 5.41) is 0. The minimum absolute atomic E-state index is 0.313. The van der Waals surface area contributed by atoms with Crippen molar-refractivity contribution in [2.45, 2.75) is 6.92 Å². The van der Waals surface area contributed by atoms with Crippen LogP contribution in [0.5, 0.6) is 0 Å². The van der Waals surface area contributed by atoms with Crippen LogP contribution < -0.4 is 0 Å². The normalized spacial score (nSPS) is 15.7. The molecule has 1 heterocycles. The third-order valence-electron chi connectivity index (χ3n) is 4.73. The molecule has 6 heteroatoms. The number of hydrogen-bond donors (Lipinski definition) is 0. The van der Waals surface area contributed by atoms with Crippen molar-refractivity contribution in [2.75, 3.05) is 39.8 Å². The van der Waals surface area contributed by atoms with Crippen LogP contribution in [0.1, 0.15) is 22.8 Å². The van der Waals surface area contributed by atoms with Crippen molar-refractivity contribution in [2.24, 2.45) is 4.99 Å². The van der Waals surface area contributed by atoms with E-state index >= 15 is 0 Å². The summed E-state index contributed by atoms with van der Waals surface area (Å²) in [5.41, 5.74) is 1.94. The third kappa shape index (κ3) is 4.71. The van der Waals surface area contributed by atoms with Crippen molar-refractivity contribution in [1.82, 2.24) is 9.80 Å². The molecule has 0 bridgehead atoms. The zero-order valence-electron chi connectivity index (χ0n) is 15.7. The maximum atomic E-state index is 13.6. The fraction of sp³-hybridized carbons (Fsp3) is 0.333. The van der Waals surface area contributed by atoms with Crippen molar-refractivity contribution in [3.63, 3.8) is 0 Å². The maximum Gasteiger partial charge on any atom is 0.337 e. The van der Waals surface area contributed by atoms with Gasteiger partial charge < -0.3 is 14.5 Å². The number of hydrogen-bond acceptors (Lipinski definition) is 4. The Morgan fingerprint density at radius 2 is 1.74 bits per heavy atom. The van der Waals surface area contributed by atoms with Crippen molar-refractivity contribution < 1.29 is 13.9 Å². The molecule has 5 nitrogen and oxygen atoms in total. The molecule has 1 saturated heterocycles. The average Bonchev–Trinajstić information content (AvgIpc) is 2.72. The quantitative estimate of drug-likeness (QED) is 0.471. The molecule has 1 aliphatic rings. The number of ether oxygens (including phenoxy) is 1. The van der Waals surface area contributed by atoms with Gasteiger partial charge in [-0.05, 0) is 36.9 Å². The number of esters is 1. The van der Waals surface area contributed by atoms with E-state index in [1.54, 1.807) is 24.3 Å². The zero-order valence-corrected chi connectivity index (χ0v) is 15.7. The molecule has 2 aromatic carbocycles. The highest BCUT2D eigenvalue weighted by atomic mass is 19.1. The summed E-state index contributed by atoms with van der Waals surface area (Å²) in [7, 11) is 1.36. The molecule has 27 heavy (non-hydrogen) atoms. The highest BCUT2D eigenvalue weighted by Crippen LogP contribution is 2.19. The standard InChI is InChI=1S/C21H24FN3O2/c1-3-24-11-13-25(14-12-24)20(23-19-6-4-5-18(22)15-19)16-7-9-17(10-8-16)21(26)27-2/h4-10,15H,3,11-14H2,1-2H3. The molecule has 1 aliphatic heterocycles. The molecule has 2 aromatic rings. The first-order valence-corrected chi connectivity index (χ1v) is 9.11. The van der Waals surface area contributed by atoms with Crippen LogP contribution in [0.2, 0.25) is 0 Å². The van der Waals surface area contributed by atoms with E-state index < -0.39 is 0 Å². The lowest BCUT2D eigenvalue weighted by atomic mass is 10.1. The van der Waals surface area contributed by atoms with E-state index in [9.17, 15) is 9.18 Å². The summed E-state index contributed by atoms with van der Waals surface area (Å²) in [6.07, 6.45) is 0. The number of piperazine rings is 1. The second kappa shape index (κ2) is 8.77. The Kier molecular flexibility index (Phi) is 6.19. The number of likely N-dealkylation sites (N-methyl/N-ethyl adjacent to an activating group) is 1. The number of rotatable bonds is 4. The van der Waals surface area contributed by atoms with Gasteiger partial charge in [0.05, 0.1) is 18.4 Å². The van der Waals surface area contributed by atoms with Crippen LogP contribution in [-0.2, 0) is 4.74 Å². The minimum Gasteiger partial charge on any atom is -0.465 e. The minimum atomic E-state index is -0.373. The Bertz CT molecular complexity index is 812. The smallest absolute Gasteiger partial charge is 0.337 e. The van der Waals surface area contributed by atoms with Gasteiger partial charge in [-0.2, -0.15) is 0 Å². The molecule has 0 unspecified atom stereocenters. The largest absolute Gasteiger partial charge is 0.465 e. The SMILES string of the molecule is CCN1CCN(C(=Nc2cccc(F)c2)c2ccc(C(=O)OC)cc2)CC1. The van der Waals surface area contributed by atoms with Crippen LogP contribution in [0.15, 0.2) is 53.5 Å². The summed E-state index contributed by atoms with van der Waals surface area (Å²) in [6, 6.07) is 13.4. The van der Waals surface area contributed by atoms with Crippen LogP contribution in [0.4, 0.5) is 10.1 Å². The van der Waals surface area contributed by atoms with Crippen molar-refractivity contribution in [3.05, 3.63) is 65.5 Å². The van der Waals surface area contributed by atoms with Crippen LogP contribution in [-0.4, -0.2) is 61.4 Å². The first kappa shape index (κ1) is 19.0. The van der Waals surface area contributed by atoms with E-state index in [-0.39, 0.29) is 11.8 Å². The van der Waals surface area contributed by atoms with E-state index in [4.69, 9.17) is 9.73 Å². The molecule has 142 valence electrons. The molecule has 0 radical (unpaired) electrons. The third-order valence-corrected chi connectivity index (χ3v) is 4.73. The summed E-state index contributed by atoms with van der Waals surface area (Å²) in [6.45, 7) is 6.79. The van der Waals surface area contributed by atoms with Crippen LogP contribution >= 0.6 is 0 Å². The predicted octanol–water partition coefficient (Wildman–Crippen LogP) is 3.33. The molecule has 0 aliphatic carbocycles. The number of carbonyl (C=O) groups excluding carboxylic acids is 1. The zero-order chi connectivity index (χ0) is 19.2. The number of amidine groups is 1. The Labute approximate surface area is 159 Å². The first-order valence-electron chi connectivity index (χ1n) is 9.11. The fourth-order valence-electron chi connectivity index (χ4n) is 3.13. The van der Waals surface area contributed by atoms with Gasteiger partial charge in [0.15, 0.2) is 0 Å². The molecule has 0 N–H and O–H groups in total. The molecule has 0 saturated carbocycles. The lowest BCUT2D eigenvalue weighted by Gasteiger charge is -2.36. The lowest BCUT2D eigenvalue weighted by molar-refractivity contribution is 0.0600. The number of methoxy groups -OCH3 is 1. The van der Waals surface area contributed by atoms with Crippen LogP contribution in [0.25, 0.3) is 0 Å². The second-order valence-electron chi connectivity index (χ2n) is 6.41. The van der Waals surface area contributed by atoms with Gasteiger partial charge in [0, 0.05) is 31.7 Å². The van der Waals surface area contributed by atoms with E-state index in [0.29, 0.717) is 11.3 Å². The van der Waals surface area contributed by atoms with Crippen molar-refractivity contribution >= 4 is 17.5 Å². The molecule has 0 spiro atoms. The van der Waals surface area contributed by atoms with Gasteiger partial charge in [-0.3, -0.25) is 0 Å². The summed E-state index contributed by atoms with van der Waals surface area (Å²) in [5.74, 6) is 0.0990. The maximum absolute atomic E-state index is 13.6. The highest BCUT2D eigenvalue weighted by Gasteiger charge is 2.20. The molecular formula is C21H24FN3O2. The number of halogens is 1. The second-order valence-corrected chi connectivity index (χ2v) is 6.41. The van der Waals surface area contributed by atoms with Gasteiger partial charge in [0.25, 0.3) is 0 Å². The first-order chi connectivity index (χ1) is 13.1. The van der Waals surface area contributed by atoms with Crippen molar-refractivity contribution in [1.29, 1.82) is 0 Å². The Morgan fingerprint density at radius 3 is 2.33 bits per heavy atom. The summed E-state index contributed by atoms with van der Waals surface area (Å²) in [4.78, 5) is 21.0. The van der Waals surface area contributed by atoms with E-state index in [2.05, 4.69) is 16.7 Å². The number of nitrogens with zero attached hydrogens (tertiary/aromatic N) is 3. The number of benzene rings is 2. The van der Waals surface area contributed by atoms with Crippen LogP contribution in [0.3, 0.4) is 0 Å². The van der Waals surface area contributed by atoms with Gasteiger partial charge in [-0.15, -0.1) is 0 Å². The topological polar surface area (TPSA) is 45.1 Å². The lowest BCUT2D eigenvalue weighted by Crippen LogP contribution is -2.48. The molecular weight excluding hydrogens is 345 g/mol. The molecule has 3 rings (SSSR count). The molecule has 0 atom stereocenters. The highest BCUT2D eigenvalue weighted by molar-refractivity contribution is 6.01. The van der Waals surface area contributed by atoms with E-state index in [1.165, 1.54) is 19.2 Å². The Morgan fingerprint density at radius 1 is 1.07 bits per heavy atom. The number of carbonyl (C=O) groups is 1. The predicted molar refractivity (Wildman–Crippen MR) is 104 cm³/mol. The molecule has 1 fully saturated rings. The summed E-state index contributed by atoms with van der Waals surface area (Å²) >= 11 is 0. The van der Waals surface area contributed by atoms with E-state index in [0.717, 1.165) is 44.1 Å². The fourth-order valence-corrected chi connectivity index (χ4v) is 3.13. The van der Waals surface area contributed by atoms with Crippen LogP contribution in [0, 0.1) is 5.82 Å². The molecule has 0 aromatic heterocycles. The van der Waals surface area contributed by atoms with Gasteiger partial charge in [0.1, 0.15) is 11.7 Å².